The fourth-order valence-electron chi connectivity index (χ4n) is 4.77. The molecule has 4 nitrogen and oxygen atoms in total. The summed E-state index contributed by atoms with van der Waals surface area (Å²) in [5, 5.41) is 3.19. The summed E-state index contributed by atoms with van der Waals surface area (Å²) in [7, 11) is 2.15. The van der Waals surface area contributed by atoms with E-state index < -0.39 is 5.41 Å². The van der Waals surface area contributed by atoms with Gasteiger partial charge in [-0.25, -0.2) is 4.39 Å². The second kappa shape index (κ2) is 8.54. The molecule has 1 saturated carbocycles. The SMILES string of the molecule is CN1CCN(c2ccccc2CNC(=O)C2(c3cccc(F)c3)CCCC2)CC1. The first-order chi connectivity index (χ1) is 14.1. The van der Waals surface area contributed by atoms with Crippen molar-refractivity contribution in [1.29, 1.82) is 0 Å². The molecule has 0 aromatic heterocycles. The molecule has 2 fully saturated rings. The van der Waals surface area contributed by atoms with Crippen LogP contribution >= 0.6 is 0 Å². The molecule has 1 saturated heterocycles. The van der Waals surface area contributed by atoms with Gasteiger partial charge in [0.2, 0.25) is 5.91 Å². The van der Waals surface area contributed by atoms with Crippen LogP contribution in [0.1, 0.15) is 36.8 Å². The van der Waals surface area contributed by atoms with Gasteiger partial charge in [-0.3, -0.25) is 4.79 Å². The van der Waals surface area contributed by atoms with E-state index in [4.69, 9.17) is 0 Å². The molecule has 1 heterocycles. The lowest BCUT2D eigenvalue weighted by Crippen LogP contribution is -2.45. The molecule has 4 rings (SSSR count). The number of nitrogens with one attached hydrogen (secondary N) is 1. The van der Waals surface area contributed by atoms with Crippen LogP contribution in [-0.4, -0.2) is 44.0 Å². The molecule has 1 amide bonds. The third kappa shape index (κ3) is 4.15. The summed E-state index contributed by atoms with van der Waals surface area (Å²) in [5.41, 5.74) is 2.54. The first kappa shape index (κ1) is 19.9. The second-order valence-electron chi connectivity index (χ2n) is 8.40. The Morgan fingerprint density at radius 3 is 2.48 bits per heavy atom. The topological polar surface area (TPSA) is 35.6 Å². The van der Waals surface area contributed by atoms with E-state index in [-0.39, 0.29) is 11.7 Å². The van der Waals surface area contributed by atoms with E-state index in [1.165, 1.54) is 17.8 Å². The Labute approximate surface area is 172 Å². The molecule has 0 bridgehead atoms. The van der Waals surface area contributed by atoms with Gasteiger partial charge >= 0.3 is 0 Å². The smallest absolute Gasteiger partial charge is 0.230 e. The Kier molecular flexibility index (Phi) is 5.86. The summed E-state index contributed by atoms with van der Waals surface area (Å²) in [6, 6.07) is 14.9. The van der Waals surface area contributed by atoms with Crippen molar-refractivity contribution in [2.45, 2.75) is 37.6 Å². The number of carbonyl (C=O) groups excluding carboxylic acids is 1. The normalized spacial score (nSPS) is 19.3. The number of likely N-dealkylation sites (N-methyl/N-ethyl adjacent to an activating group) is 1. The fourth-order valence-corrected chi connectivity index (χ4v) is 4.77. The minimum atomic E-state index is -0.606. The minimum absolute atomic E-state index is 0.0220. The Bertz CT molecular complexity index is 855. The Morgan fingerprint density at radius 2 is 1.76 bits per heavy atom. The molecule has 0 unspecified atom stereocenters. The van der Waals surface area contributed by atoms with Crippen LogP contribution in [0.3, 0.4) is 0 Å². The molecule has 1 aliphatic carbocycles. The number of hydrogen-bond acceptors (Lipinski definition) is 3. The first-order valence-electron chi connectivity index (χ1n) is 10.6. The Hall–Kier alpha value is -2.40. The van der Waals surface area contributed by atoms with Crippen LogP contribution in [0.2, 0.25) is 0 Å². The van der Waals surface area contributed by atoms with Gasteiger partial charge in [0.25, 0.3) is 0 Å². The molecule has 0 atom stereocenters. The van der Waals surface area contributed by atoms with E-state index in [0.717, 1.165) is 63.0 Å². The zero-order valence-electron chi connectivity index (χ0n) is 17.2. The lowest BCUT2D eigenvalue weighted by atomic mass is 9.78. The average molecular weight is 396 g/mol. The molecule has 0 spiro atoms. The quantitative estimate of drug-likeness (QED) is 0.838. The molecule has 5 heteroatoms. The van der Waals surface area contributed by atoms with E-state index in [1.807, 2.05) is 12.1 Å². The summed E-state index contributed by atoms with van der Waals surface area (Å²) in [4.78, 5) is 18.1. The van der Waals surface area contributed by atoms with Crippen LogP contribution in [0.25, 0.3) is 0 Å². The zero-order chi connectivity index (χ0) is 20.3. The van der Waals surface area contributed by atoms with Gasteiger partial charge in [0.1, 0.15) is 5.82 Å². The van der Waals surface area contributed by atoms with Gasteiger partial charge in [-0.1, -0.05) is 43.2 Å². The molecule has 2 aromatic rings. The van der Waals surface area contributed by atoms with E-state index in [0.29, 0.717) is 6.54 Å². The van der Waals surface area contributed by atoms with Crippen molar-refractivity contribution < 1.29 is 9.18 Å². The number of amides is 1. The van der Waals surface area contributed by atoms with Crippen LogP contribution in [-0.2, 0) is 16.8 Å². The molecular weight excluding hydrogens is 365 g/mol. The Balaban J connectivity index is 1.51. The maximum absolute atomic E-state index is 13.9. The summed E-state index contributed by atoms with van der Waals surface area (Å²) in [5.74, 6) is -0.254. The number of benzene rings is 2. The van der Waals surface area contributed by atoms with Gasteiger partial charge in [-0.15, -0.1) is 0 Å². The standard InChI is InChI=1S/C24H30FN3O/c1-27-13-15-28(16-14-27)22-10-3-2-7-19(22)18-26-23(29)24(11-4-5-12-24)20-8-6-9-21(25)17-20/h2-3,6-10,17H,4-5,11-16,18H2,1H3,(H,26,29). The van der Waals surface area contributed by atoms with Gasteiger partial charge in [0, 0.05) is 38.4 Å². The van der Waals surface area contributed by atoms with Crippen LogP contribution in [0, 0.1) is 5.82 Å². The highest BCUT2D eigenvalue weighted by Gasteiger charge is 2.42. The number of hydrogen-bond donors (Lipinski definition) is 1. The van der Waals surface area contributed by atoms with Gasteiger partial charge < -0.3 is 15.1 Å². The number of anilines is 1. The van der Waals surface area contributed by atoms with E-state index >= 15 is 0 Å². The average Bonchev–Trinajstić information content (AvgIpc) is 3.24. The number of para-hydroxylation sites is 1. The lowest BCUT2D eigenvalue weighted by Gasteiger charge is -2.35. The molecule has 2 aliphatic rings. The summed E-state index contributed by atoms with van der Waals surface area (Å²) in [6.45, 7) is 4.58. The molecule has 154 valence electrons. The third-order valence-corrected chi connectivity index (χ3v) is 6.54. The van der Waals surface area contributed by atoms with Crippen LogP contribution < -0.4 is 10.2 Å². The van der Waals surface area contributed by atoms with Crippen molar-refractivity contribution in [3.05, 3.63) is 65.5 Å². The van der Waals surface area contributed by atoms with E-state index in [2.05, 4.69) is 40.4 Å². The second-order valence-corrected chi connectivity index (χ2v) is 8.40. The van der Waals surface area contributed by atoms with Gasteiger partial charge in [0.05, 0.1) is 5.41 Å². The van der Waals surface area contributed by atoms with Crippen molar-refractivity contribution in [1.82, 2.24) is 10.2 Å². The van der Waals surface area contributed by atoms with Crippen molar-refractivity contribution in [2.75, 3.05) is 38.1 Å². The molecule has 0 radical (unpaired) electrons. The van der Waals surface area contributed by atoms with Crippen molar-refractivity contribution >= 4 is 11.6 Å². The molecule has 1 aliphatic heterocycles. The zero-order valence-corrected chi connectivity index (χ0v) is 17.2. The number of rotatable bonds is 5. The van der Waals surface area contributed by atoms with Crippen molar-refractivity contribution in [3.8, 4) is 0 Å². The maximum atomic E-state index is 13.9. The first-order valence-corrected chi connectivity index (χ1v) is 10.6. The lowest BCUT2D eigenvalue weighted by molar-refractivity contribution is -0.126. The van der Waals surface area contributed by atoms with Crippen LogP contribution in [0.15, 0.2) is 48.5 Å². The number of piperazine rings is 1. The van der Waals surface area contributed by atoms with Crippen LogP contribution in [0.5, 0.6) is 0 Å². The fraction of sp³-hybridized carbons (Fsp3) is 0.458. The summed E-state index contributed by atoms with van der Waals surface area (Å²) < 4.78 is 13.9. The maximum Gasteiger partial charge on any atom is 0.230 e. The monoisotopic (exact) mass is 395 g/mol. The van der Waals surface area contributed by atoms with Gasteiger partial charge in [-0.2, -0.15) is 0 Å². The van der Waals surface area contributed by atoms with Crippen molar-refractivity contribution in [3.63, 3.8) is 0 Å². The van der Waals surface area contributed by atoms with Gasteiger partial charge in [0.15, 0.2) is 0 Å². The summed E-state index contributed by atoms with van der Waals surface area (Å²) >= 11 is 0. The van der Waals surface area contributed by atoms with Gasteiger partial charge in [-0.05, 0) is 49.2 Å². The minimum Gasteiger partial charge on any atom is -0.369 e. The third-order valence-electron chi connectivity index (χ3n) is 6.54. The molecule has 1 N–H and O–H groups in total. The summed E-state index contributed by atoms with van der Waals surface area (Å²) in [6.07, 6.45) is 3.56. The van der Waals surface area contributed by atoms with E-state index in [9.17, 15) is 9.18 Å². The van der Waals surface area contributed by atoms with Crippen LogP contribution in [0.4, 0.5) is 10.1 Å². The largest absolute Gasteiger partial charge is 0.369 e. The highest BCUT2D eigenvalue weighted by atomic mass is 19.1. The molecule has 2 aromatic carbocycles. The molecular formula is C24H30FN3O. The highest BCUT2D eigenvalue weighted by molar-refractivity contribution is 5.88. The predicted molar refractivity (Wildman–Crippen MR) is 115 cm³/mol. The van der Waals surface area contributed by atoms with Crippen molar-refractivity contribution in [2.24, 2.45) is 0 Å². The number of halogens is 1. The Morgan fingerprint density at radius 1 is 1.03 bits per heavy atom. The number of carbonyl (C=O) groups is 1. The highest BCUT2D eigenvalue weighted by Crippen LogP contribution is 2.41. The number of nitrogens with zero attached hydrogens (tertiary/aromatic N) is 2. The van der Waals surface area contributed by atoms with E-state index in [1.54, 1.807) is 6.07 Å². The predicted octanol–water partition coefficient (Wildman–Crippen LogP) is 3.71. The molecule has 29 heavy (non-hydrogen) atoms.